The van der Waals surface area contributed by atoms with Gasteiger partial charge < -0.3 is 24.4 Å². The Kier molecular flexibility index (Phi) is 12.7. The quantitative estimate of drug-likeness (QED) is 0.136. The normalized spacial score (nSPS) is 29.9. The van der Waals surface area contributed by atoms with Gasteiger partial charge >= 0.3 is 12.1 Å². The Morgan fingerprint density at radius 3 is 2.24 bits per heavy atom. The topological polar surface area (TPSA) is 111 Å². The Hall–Kier alpha value is -3.36. The predicted octanol–water partition coefficient (Wildman–Crippen LogP) is 10.6. The largest absolute Gasteiger partial charge is 0.511 e. The van der Waals surface area contributed by atoms with Crippen LogP contribution in [0.3, 0.4) is 0 Å². The van der Waals surface area contributed by atoms with E-state index in [-0.39, 0.29) is 28.9 Å². The first-order chi connectivity index (χ1) is 25.3. The van der Waals surface area contributed by atoms with E-state index in [0.717, 1.165) is 48.9 Å². The molecule has 9 heteroatoms. The van der Waals surface area contributed by atoms with Gasteiger partial charge in [0, 0.05) is 39.9 Å². The van der Waals surface area contributed by atoms with E-state index >= 15 is 0 Å². The fraction of sp³-hybridized carbons (Fsp3) is 0.733. The number of nitrogens with one attached hydrogen (secondary N) is 1. The van der Waals surface area contributed by atoms with E-state index in [9.17, 15) is 19.2 Å². The maximum absolute atomic E-state index is 13.6. The van der Waals surface area contributed by atoms with Crippen molar-refractivity contribution in [1.82, 2.24) is 0 Å². The molecule has 2 amide bonds. The highest BCUT2D eigenvalue weighted by Gasteiger charge is 2.59. The summed E-state index contributed by atoms with van der Waals surface area (Å²) in [4.78, 5) is 52.5. The molecule has 1 aromatic rings. The average molecular weight is 749 g/mol. The fourth-order valence-electron chi connectivity index (χ4n) is 11.8. The van der Waals surface area contributed by atoms with Crippen molar-refractivity contribution in [2.75, 3.05) is 17.3 Å². The van der Waals surface area contributed by atoms with Crippen molar-refractivity contribution in [2.24, 2.45) is 46.3 Å². The summed E-state index contributed by atoms with van der Waals surface area (Å²) in [5.41, 5.74) is 4.80. The average Bonchev–Trinajstić information content (AvgIpc) is 3.43. The van der Waals surface area contributed by atoms with E-state index in [4.69, 9.17) is 14.2 Å². The van der Waals surface area contributed by atoms with Crippen LogP contribution in [-0.4, -0.2) is 43.4 Å². The van der Waals surface area contributed by atoms with E-state index in [2.05, 4.69) is 46.0 Å². The maximum Gasteiger partial charge on any atom is 0.511 e. The Labute approximate surface area is 324 Å². The lowest BCUT2D eigenvalue weighted by atomic mass is 9.47. The number of fused-ring (bicyclic) bond motifs is 5. The number of rotatable bonds is 11. The number of ether oxygens (including phenoxy) is 3. The Morgan fingerprint density at radius 2 is 1.59 bits per heavy atom. The molecule has 0 aromatic heterocycles. The zero-order valence-corrected chi connectivity index (χ0v) is 35.3. The first-order valence-electron chi connectivity index (χ1n) is 20.7. The summed E-state index contributed by atoms with van der Waals surface area (Å²) in [6, 6.07) is 0. The number of nitrogens with zero attached hydrogens (tertiary/aromatic N) is 1. The molecule has 5 rings (SSSR count). The van der Waals surface area contributed by atoms with Crippen LogP contribution in [0.1, 0.15) is 153 Å². The second-order valence-electron chi connectivity index (χ2n) is 18.3. The SMILES string of the molecule is CC(=O)Nc1c(C)c(C(=O)OC(C)OC(=O)O[C@H]2CC[C@@]3(C)C(=CCC4C3CC[C@@]3(C)C4CC[C@@H]3[C@H](C)CCCC(C)C)C2)c(C)c(N(C)C(C)=O)c1C. The minimum Gasteiger partial charge on any atom is -0.431 e. The molecular weight excluding hydrogens is 681 g/mol. The second kappa shape index (κ2) is 16.4. The summed E-state index contributed by atoms with van der Waals surface area (Å²) < 4.78 is 17.0. The third-order valence-corrected chi connectivity index (χ3v) is 14.6. The number of carbonyl (C=O) groups excluding carboxylic acids is 4. The molecule has 0 saturated heterocycles. The minimum atomic E-state index is -1.23. The zero-order chi connectivity index (χ0) is 39.9. The summed E-state index contributed by atoms with van der Waals surface area (Å²) in [7, 11) is 1.61. The van der Waals surface area contributed by atoms with Crippen molar-refractivity contribution in [1.29, 1.82) is 0 Å². The van der Waals surface area contributed by atoms with Gasteiger partial charge in [-0.15, -0.1) is 0 Å². The minimum absolute atomic E-state index is 0.132. The molecule has 9 nitrogen and oxygen atoms in total. The number of anilines is 2. The lowest BCUT2D eigenvalue weighted by Gasteiger charge is -2.58. The lowest BCUT2D eigenvalue weighted by Crippen LogP contribution is -2.51. The monoisotopic (exact) mass is 749 g/mol. The van der Waals surface area contributed by atoms with Crippen molar-refractivity contribution in [3.05, 3.63) is 33.9 Å². The van der Waals surface area contributed by atoms with Crippen LogP contribution < -0.4 is 10.2 Å². The standard InChI is InChI=1S/C45H68N2O7/c1-25(2)14-13-15-26(3)36-18-19-37-35-17-16-33-24-34(20-22-44(33,10)38(35)21-23-45(36,37)11)54-43(51)53-32(9)52-42(50)39-27(4)40(46-30(7)48)29(6)41(28(39)5)47(12)31(8)49/h16,25-26,32,34-38H,13-15,17-24H2,1-12H3,(H,46,48)/t26-,32?,34+,35?,36-,37?,38?,44+,45-/m1/s1. The van der Waals surface area contributed by atoms with Gasteiger partial charge in [0.2, 0.25) is 18.1 Å². The molecule has 1 aromatic carbocycles. The van der Waals surface area contributed by atoms with Gasteiger partial charge in [-0.1, -0.05) is 65.5 Å². The van der Waals surface area contributed by atoms with E-state index in [1.165, 1.54) is 76.2 Å². The fourth-order valence-corrected chi connectivity index (χ4v) is 11.8. The highest BCUT2D eigenvalue weighted by Crippen LogP contribution is 2.67. The summed E-state index contributed by atoms with van der Waals surface area (Å²) in [5, 5.41) is 2.80. The van der Waals surface area contributed by atoms with Gasteiger partial charge in [-0.2, -0.15) is 0 Å². The molecular formula is C45H68N2O7. The Morgan fingerprint density at radius 1 is 0.889 bits per heavy atom. The Balaban J connectivity index is 1.20. The maximum atomic E-state index is 13.6. The highest BCUT2D eigenvalue weighted by atomic mass is 16.8. The van der Waals surface area contributed by atoms with Gasteiger partial charge in [-0.05, 0) is 129 Å². The van der Waals surface area contributed by atoms with Gasteiger partial charge in [0.1, 0.15) is 6.10 Å². The van der Waals surface area contributed by atoms with Crippen molar-refractivity contribution in [3.63, 3.8) is 0 Å². The van der Waals surface area contributed by atoms with E-state index in [1.54, 1.807) is 27.8 Å². The molecule has 0 spiro atoms. The van der Waals surface area contributed by atoms with E-state index in [0.29, 0.717) is 45.8 Å². The molecule has 4 aliphatic carbocycles. The van der Waals surface area contributed by atoms with Crippen molar-refractivity contribution in [3.8, 4) is 0 Å². The molecule has 3 fully saturated rings. The molecule has 3 saturated carbocycles. The lowest BCUT2D eigenvalue weighted by molar-refractivity contribution is -0.116. The van der Waals surface area contributed by atoms with Crippen LogP contribution in [-0.2, 0) is 23.8 Å². The Bertz CT molecular complexity index is 1650. The van der Waals surface area contributed by atoms with Crippen molar-refractivity contribution >= 4 is 35.3 Å². The third-order valence-electron chi connectivity index (χ3n) is 14.6. The molecule has 0 aliphatic heterocycles. The van der Waals surface area contributed by atoms with E-state index < -0.39 is 18.4 Å². The summed E-state index contributed by atoms with van der Waals surface area (Å²) in [6.45, 7) is 21.8. The van der Waals surface area contributed by atoms with Crippen LogP contribution in [0.25, 0.3) is 0 Å². The molecule has 9 atom stereocenters. The third kappa shape index (κ3) is 8.11. The first kappa shape index (κ1) is 41.8. The number of hydrogen-bond acceptors (Lipinski definition) is 7. The molecule has 0 heterocycles. The summed E-state index contributed by atoms with van der Waals surface area (Å²) in [6.07, 6.45) is 13.1. The number of carbonyl (C=O) groups is 4. The number of allylic oxidation sites excluding steroid dienone is 1. The van der Waals surface area contributed by atoms with Gasteiger partial charge in [-0.3, -0.25) is 9.59 Å². The van der Waals surface area contributed by atoms with E-state index in [1.807, 2.05) is 0 Å². The van der Waals surface area contributed by atoms with Crippen LogP contribution in [0.15, 0.2) is 11.6 Å². The molecule has 4 aliphatic rings. The van der Waals surface area contributed by atoms with Gasteiger partial charge in [0.05, 0.1) is 11.3 Å². The van der Waals surface area contributed by atoms with Crippen molar-refractivity contribution < 1.29 is 33.4 Å². The smallest absolute Gasteiger partial charge is 0.431 e. The first-order valence-corrected chi connectivity index (χ1v) is 20.7. The van der Waals surface area contributed by atoms with Crippen LogP contribution in [0.4, 0.5) is 16.2 Å². The van der Waals surface area contributed by atoms with Crippen LogP contribution in [0, 0.1) is 67.1 Å². The van der Waals surface area contributed by atoms with Gasteiger partial charge in [-0.25, -0.2) is 9.59 Å². The van der Waals surface area contributed by atoms with Gasteiger partial charge in [0.15, 0.2) is 0 Å². The number of amides is 2. The highest BCUT2D eigenvalue weighted by molar-refractivity contribution is 6.03. The second-order valence-corrected chi connectivity index (χ2v) is 18.3. The molecule has 0 radical (unpaired) electrons. The molecule has 0 bridgehead atoms. The van der Waals surface area contributed by atoms with Crippen molar-refractivity contribution in [2.45, 2.75) is 159 Å². The number of benzene rings is 1. The van der Waals surface area contributed by atoms with Gasteiger partial charge in [0.25, 0.3) is 0 Å². The summed E-state index contributed by atoms with van der Waals surface area (Å²) >= 11 is 0. The molecule has 54 heavy (non-hydrogen) atoms. The predicted molar refractivity (Wildman–Crippen MR) is 213 cm³/mol. The number of hydrogen-bond donors (Lipinski definition) is 1. The number of esters is 1. The van der Waals surface area contributed by atoms with Crippen LogP contribution >= 0.6 is 0 Å². The van der Waals surface area contributed by atoms with Crippen LogP contribution in [0.5, 0.6) is 0 Å². The van der Waals surface area contributed by atoms with Crippen LogP contribution in [0.2, 0.25) is 0 Å². The zero-order valence-electron chi connectivity index (χ0n) is 35.3. The molecule has 4 unspecified atom stereocenters. The summed E-state index contributed by atoms with van der Waals surface area (Å²) in [5.74, 6) is 3.34. The molecule has 300 valence electrons. The molecule has 1 N–H and O–H groups in total.